The van der Waals surface area contributed by atoms with Crippen molar-refractivity contribution in [3.63, 3.8) is 0 Å². The van der Waals surface area contributed by atoms with E-state index in [4.69, 9.17) is 11.6 Å². The van der Waals surface area contributed by atoms with Gasteiger partial charge in [0.2, 0.25) is 11.8 Å². The molecule has 0 spiro atoms. The summed E-state index contributed by atoms with van der Waals surface area (Å²) in [5, 5.41) is 3.39. The van der Waals surface area contributed by atoms with Crippen LogP contribution in [0.1, 0.15) is 49.8 Å². The predicted octanol–water partition coefficient (Wildman–Crippen LogP) is 5.88. The van der Waals surface area contributed by atoms with Gasteiger partial charge in [0.15, 0.2) is 0 Å². The van der Waals surface area contributed by atoms with Crippen molar-refractivity contribution in [1.82, 2.24) is 10.2 Å². The Morgan fingerprint density at radius 2 is 1.60 bits per heavy atom. The lowest BCUT2D eigenvalue weighted by Gasteiger charge is -2.34. The van der Waals surface area contributed by atoms with Gasteiger partial charge in [-0.1, -0.05) is 80.4 Å². The van der Waals surface area contributed by atoms with Crippen LogP contribution in [0.15, 0.2) is 77.7 Å². The summed E-state index contributed by atoms with van der Waals surface area (Å²) in [6.45, 7) is 7.67. The van der Waals surface area contributed by atoms with E-state index in [1.807, 2.05) is 39.8 Å². The molecule has 0 bridgehead atoms. The summed E-state index contributed by atoms with van der Waals surface area (Å²) in [4.78, 5) is 28.9. The van der Waals surface area contributed by atoms with E-state index in [1.54, 1.807) is 48.5 Å². The molecule has 3 rings (SSSR count). The van der Waals surface area contributed by atoms with E-state index in [2.05, 4.69) is 5.32 Å². The molecule has 0 aliphatic rings. The van der Waals surface area contributed by atoms with Crippen LogP contribution >= 0.6 is 11.6 Å². The third kappa shape index (κ3) is 7.43. The van der Waals surface area contributed by atoms with Crippen molar-refractivity contribution in [3.8, 4) is 0 Å². The molecule has 40 heavy (non-hydrogen) atoms. The normalized spacial score (nSPS) is 12.0. The van der Waals surface area contributed by atoms with Crippen LogP contribution in [0.2, 0.25) is 5.02 Å². The molecule has 0 radical (unpaired) electrons. The summed E-state index contributed by atoms with van der Waals surface area (Å²) in [5.74, 6) is -0.779. The molecule has 3 aromatic carbocycles. The van der Waals surface area contributed by atoms with Crippen LogP contribution in [-0.4, -0.2) is 44.3 Å². The maximum absolute atomic E-state index is 14.1. The Hall–Kier alpha value is -3.36. The summed E-state index contributed by atoms with van der Waals surface area (Å²) >= 11 is 6.45. The van der Waals surface area contributed by atoms with Crippen molar-refractivity contribution in [1.29, 1.82) is 0 Å². The van der Waals surface area contributed by atoms with Crippen LogP contribution in [0, 0.1) is 13.8 Å². The number of nitrogens with one attached hydrogen (secondary N) is 1. The highest BCUT2D eigenvalue weighted by Crippen LogP contribution is 2.29. The second-order valence-corrected chi connectivity index (χ2v) is 12.0. The van der Waals surface area contributed by atoms with E-state index in [0.717, 1.165) is 28.3 Å². The zero-order valence-electron chi connectivity index (χ0n) is 23.6. The van der Waals surface area contributed by atoms with Crippen LogP contribution in [0.5, 0.6) is 0 Å². The minimum Gasteiger partial charge on any atom is -0.354 e. The lowest BCUT2D eigenvalue weighted by Crippen LogP contribution is -2.52. The van der Waals surface area contributed by atoms with Gasteiger partial charge in [0, 0.05) is 18.1 Å². The second kappa shape index (κ2) is 14.3. The quantitative estimate of drug-likeness (QED) is 0.255. The number of carbonyl (C=O) groups excluding carboxylic acids is 2. The lowest BCUT2D eigenvalue weighted by molar-refractivity contribution is -0.140. The number of aryl methyl sites for hydroxylation is 1. The Bertz CT molecular complexity index is 1410. The van der Waals surface area contributed by atoms with E-state index < -0.39 is 28.5 Å². The highest BCUT2D eigenvalue weighted by atomic mass is 35.5. The van der Waals surface area contributed by atoms with Gasteiger partial charge in [0.25, 0.3) is 10.0 Å². The van der Waals surface area contributed by atoms with Gasteiger partial charge in [-0.05, 0) is 67.6 Å². The SMILES string of the molecule is CCCCNC(=O)C(CC)N(Cc1ccccc1Cl)C(=O)CN(c1cccc(C)c1C)S(=O)(=O)c1ccccc1. The third-order valence-electron chi connectivity index (χ3n) is 6.97. The molecular weight excluding hydrogens is 546 g/mol. The molecule has 1 atom stereocenters. The number of anilines is 1. The summed E-state index contributed by atoms with van der Waals surface area (Å²) in [6, 6.07) is 19.7. The topological polar surface area (TPSA) is 86.8 Å². The number of nitrogens with zero attached hydrogens (tertiary/aromatic N) is 2. The van der Waals surface area contributed by atoms with Crippen molar-refractivity contribution >= 4 is 39.1 Å². The Morgan fingerprint density at radius 3 is 2.25 bits per heavy atom. The molecule has 0 saturated heterocycles. The zero-order valence-corrected chi connectivity index (χ0v) is 25.1. The van der Waals surface area contributed by atoms with Gasteiger partial charge in [0.05, 0.1) is 10.6 Å². The van der Waals surface area contributed by atoms with Crippen LogP contribution in [0.25, 0.3) is 0 Å². The van der Waals surface area contributed by atoms with Gasteiger partial charge in [-0.3, -0.25) is 13.9 Å². The van der Waals surface area contributed by atoms with Crippen LogP contribution in [-0.2, 0) is 26.2 Å². The van der Waals surface area contributed by atoms with Crippen molar-refractivity contribution < 1.29 is 18.0 Å². The first-order valence-electron chi connectivity index (χ1n) is 13.6. The monoisotopic (exact) mass is 583 g/mol. The lowest BCUT2D eigenvalue weighted by atomic mass is 10.1. The fourth-order valence-electron chi connectivity index (χ4n) is 4.47. The Kier molecular flexibility index (Phi) is 11.2. The largest absolute Gasteiger partial charge is 0.354 e. The Labute approximate surface area is 243 Å². The highest BCUT2D eigenvalue weighted by molar-refractivity contribution is 7.92. The molecule has 0 aliphatic heterocycles. The standard InChI is InChI=1S/C31H38ClN3O4S/c1-5-7-20-33-31(37)28(6-2)34(21-25-15-11-12-18-27(25)32)30(36)22-35(29-19-13-14-23(3)24(29)4)40(38,39)26-16-9-8-10-17-26/h8-19,28H,5-7,20-22H2,1-4H3,(H,33,37). The molecule has 1 unspecified atom stereocenters. The summed E-state index contributed by atoms with van der Waals surface area (Å²) in [7, 11) is -4.11. The maximum Gasteiger partial charge on any atom is 0.264 e. The number of carbonyl (C=O) groups is 2. The molecule has 0 aliphatic carbocycles. The summed E-state index contributed by atoms with van der Waals surface area (Å²) < 4.78 is 29.1. The minimum atomic E-state index is -4.11. The average molecular weight is 584 g/mol. The number of benzene rings is 3. The van der Waals surface area contributed by atoms with E-state index in [9.17, 15) is 18.0 Å². The Balaban J connectivity index is 2.08. The average Bonchev–Trinajstić information content (AvgIpc) is 2.94. The van der Waals surface area contributed by atoms with Crippen molar-refractivity contribution in [2.75, 3.05) is 17.4 Å². The van der Waals surface area contributed by atoms with Gasteiger partial charge in [-0.2, -0.15) is 0 Å². The van der Waals surface area contributed by atoms with Gasteiger partial charge in [-0.15, -0.1) is 0 Å². The number of hydrogen-bond donors (Lipinski definition) is 1. The number of unbranched alkanes of at least 4 members (excludes halogenated alkanes) is 1. The predicted molar refractivity (Wildman–Crippen MR) is 161 cm³/mol. The fourth-order valence-corrected chi connectivity index (χ4v) is 6.16. The van der Waals surface area contributed by atoms with E-state index in [-0.39, 0.29) is 17.3 Å². The van der Waals surface area contributed by atoms with Gasteiger partial charge in [0.1, 0.15) is 12.6 Å². The smallest absolute Gasteiger partial charge is 0.264 e. The van der Waals surface area contributed by atoms with Gasteiger partial charge in [-0.25, -0.2) is 8.42 Å². The molecule has 0 fully saturated rings. The van der Waals surface area contributed by atoms with E-state index in [0.29, 0.717) is 29.2 Å². The zero-order chi connectivity index (χ0) is 29.3. The third-order valence-corrected chi connectivity index (χ3v) is 9.11. The van der Waals surface area contributed by atoms with Crippen LogP contribution in [0.3, 0.4) is 0 Å². The van der Waals surface area contributed by atoms with Crippen LogP contribution < -0.4 is 9.62 Å². The maximum atomic E-state index is 14.1. The van der Waals surface area contributed by atoms with E-state index >= 15 is 0 Å². The molecule has 7 nitrogen and oxygen atoms in total. The summed E-state index contributed by atoms with van der Waals surface area (Å²) in [6.07, 6.45) is 2.08. The fraction of sp³-hybridized carbons (Fsp3) is 0.355. The van der Waals surface area contributed by atoms with Gasteiger partial charge >= 0.3 is 0 Å². The van der Waals surface area contributed by atoms with Crippen molar-refractivity contribution in [2.45, 2.75) is 64.4 Å². The molecule has 0 aromatic heterocycles. The number of halogens is 1. The van der Waals surface area contributed by atoms with Crippen molar-refractivity contribution in [3.05, 3.63) is 94.5 Å². The molecule has 3 aromatic rings. The molecule has 2 amide bonds. The van der Waals surface area contributed by atoms with Gasteiger partial charge < -0.3 is 10.2 Å². The molecule has 1 N–H and O–H groups in total. The first kappa shape index (κ1) is 31.2. The second-order valence-electron chi connectivity index (χ2n) is 9.73. The number of amides is 2. The highest BCUT2D eigenvalue weighted by Gasteiger charge is 2.34. The number of hydrogen-bond acceptors (Lipinski definition) is 4. The van der Waals surface area contributed by atoms with E-state index in [1.165, 1.54) is 17.0 Å². The van der Waals surface area contributed by atoms with Crippen molar-refractivity contribution in [2.24, 2.45) is 0 Å². The van der Waals surface area contributed by atoms with Crippen LogP contribution in [0.4, 0.5) is 5.69 Å². The molecular formula is C31H38ClN3O4S. The minimum absolute atomic E-state index is 0.0598. The summed E-state index contributed by atoms with van der Waals surface area (Å²) in [5.41, 5.74) is 2.72. The molecule has 0 saturated carbocycles. The number of sulfonamides is 1. The molecule has 0 heterocycles. The molecule has 9 heteroatoms. The molecule has 214 valence electrons. The first-order chi connectivity index (χ1) is 19.1. The first-order valence-corrected chi connectivity index (χ1v) is 15.4. The number of rotatable bonds is 13. The Morgan fingerprint density at radius 1 is 0.925 bits per heavy atom.